The number of methoxy groups -OCH3 is 1. The fourth-order valence-corrected chi connectivity index (χ4v) is 6.14. The Morgan fingerprint density at radius 3 is 2.58 bits per heavy atom. The van der Waals surface area contributed by atoms with Gasteiger partial charge >= 0.3 is 0 Å². The number of benzene rings is 2. The topological polar surface area (TPSA) is 148 Å². The quantitative estimate of drug-likeness (QED) is 0.401. The summed E-state index contributed by atoms with van der Waals surface area (Å²) in [5.74, 6) is -1.35. The van der Waals surface area contributed by atoms with E-state index in [1.165, 1.54) is 25.4 Å². The predicted molar refractivity (Wildman–Crippen MR) is 148 cm³/mol. The average molecular weight is 568 g/mol. The summed E-state index contributed by atoms with van der Waals surface area (Å²) in [6.45, 7) is 3.82. The highest BCUT2D eigenvalue weighted by atomic mass is 32.2. The first-order valence-corrected chi connectivity index (χ1v) is 14.6. The lowest BCUT2D eigenvalue weighted by Crippen LogP contribution is -2.58. The van der Waals surface area contributed by atoms with Crippen LogP contribution in [0, 0.1) is 5.92 Å². The first kappa shape index (κ1) is 29.1. The van der Waals surface area contributed by atoms with Gasteiger partial charge in [-0.3, -0.25) is 19.4 Å². The van der Waals surface area contributed by atoms with E-state index in [9.17, 15) is 22.8 Å². The summed E-state index contributed by atoms with van der Waals surface area (Å²) in [6, 6.07) is 12.0. The maximum atomic E-state index is 13.6. The van der Waals surface area contributed by atoms with Crippen LogP contribution < -0.4 is 15.4 Å². The predicted octanol–water partition coefficient (Wildman–Crippen LogP) is 2.67. The van der Waals surface area contributed by atoms with Gasteiger partial charge < -0.3 is 15.4 Å². The van der Waals surface area contributed by atoms with Crippen molar-refractivity contribution in [3.05, 3.63) is 60.4 Å². The molecule has 4 rings (SSSR count). The van der Waals surface area contributed by atoms with Crippen molar-refractivity contribution in [1.29, 1.82) is 0 Å². The summed E-state index contributed by atoms with van der Waals surface area (Å²) in [4.78, 5) is 48.3. The number of hydrogen-bond donors (Lipinski definition) is 2. The molecule has 1 aromatic heterocycles. The minimum absolute atomic E-state index is 0.000178. The minimum Gasteiger partial charge on any atom is -0.497 e. The van der Waals surface area contributed by atoms with E-state index in [0.717, 1.165) is 4.31 Å². The third-order valence-corrected chi connectivity index (χ3v) is 8.44. The normalized spacial score (nSPS) is 17.3. The van der Waals surface area contributed by atoms with Gasteiger partial charge in [-0.25, -0.2) is 13.4 Å². The van der Waals surface area contributed by atoms with E-state index >= 15 is 0 Å². The highest BCUT2D eigenvalue weighted by Crippen LogP contribution is 2.25. The van der Waals surface area contributed by atoms with Crippen molar-refractivity contribution in [1.82, 2.24) is 24.9 Å². The number of ketones is 1. The van der Waals surface area contributed by atoms with Crippen LogP contribution in [0.4, 0.5) is 0 Å². The van der Waals surface area contributed by atoms with E-state index in [2.05, 4.69) is 20.6 Å². The third kappa shape index (κ3) is 6.62. The molecule has 11 nitrogen and oxygen atoms in total. The lowest BCUT2D eigenvalue weighted by molar-refractivity contribution is -0.131. The number of ether oxygens (including phenoxy) is 1. The van der Waals surface area contributed by atoms with E-state index in [-0.39, 0.29) is 35.9 Å². The summed E-state index contributed by atoms with van der Waals surface area (Å²) in [5, 5.41) is 5.33. The van der Waals surface area contributed by atoms with E-state index in [1.807, 2.05) is 19.9 Å². The zero-order valence-electron chi connectivity index (χ0n) is 22.7. The first-order valence-electron chi connectivity index (χ1n) is 13.1. The highest BCUT2D eigenvalue weighted by Gasteiger charge is 2.39. The van der Waals surface area contributed by atoms with E-state index in [0.29, 0.717) is 29.6 Å². The standard InChI is InChI=1S/C28H33N5O6S/c1-18(2)15-23(31-28(36)24-17-29-21-11-4-5-12-22(21)30-24)27(35)32-26-25(34)13-6-7-14-33(26)40(37,38)20-10-8-9-19(16-20)39-3/h4-5,8-12,16-18,23,26H,6-7,13-15H2,1-3H3,(H,31,36)(H,32,35)/t23?,26-/m0/s1. The Bertz CT molecular complexity index is 1510. The molecule has 2 atom stereocenters. The number of hydrogen-bond acceptors (Lipinski definition) is 8. The smallest absolute Gasteiger partial charge is 0.272 e. The van der Waals surface area contributed by atoms with Crippen LogP contribution in [0.3, 0.4) is 0 Å². The Kier molecular flexibility index (Phi) is 9.10. The first-order chi connectivity index (χ1) is 19.1. The van der Waals surface area contributed by atoms with Crippen LogP contribution in [-0.4, -0.2) is 66.2 Å². The number of rotatable bonds is 9. The summed E-state index contributed by atoms with van der Waals surface area (Å²) >= 11 is 0. The van der Waals surface area contributed by atoms with Crippen molar-refractivity contribution in [2.75, 3.05) is 13.7 Å². The van der Waals surface area contributed by atoms with Gasteiger partial charge in [-0.05, 0) is 49.4 Å². The number of carbonyl (C=O) groups is 3. The van der Waals surface area contributed by atoms with Gasteiger partial charge in [0.2, 0.25) is 15.9 Å². The van der Waals surface area contributed by atoms with E-state index in [1.54, 1.807) is 30.3 Å². The number of fused-ring (bicyclic) bond motifs is 1. The molecular weight excluding hydrogens is 534 g/mol. The molecule has 0 saturated carbocycles. The van der Waals surface area contributed by atoms with Gasteiger partial charge in [0.1, 0.15) is 17.5 Å². The number of sulfonamides is 1. The van der Waals surface area contributed by atoms with Gasteiger partial charge in [-0.15, -0.1) is 0 Å². The van der Waals surface area contributed by atoms with Crippen LogP contribution in [-0.2, 0) is 19.6 Å². The van der Waals surface area contributed by atoms with Crippen molar-refractivity contribution < 1.29 is 27.5 Å². The fraction of sp³-hybridized carbons (Fsp3) is 0.393. The molecule has 2 amide bonds. The van der Waals surface area contributed by atoms with E-state index < -0.39 is 39.8 Å². The Labute approximate surface area is 233 Å². The maximum Gasteiger partial charge on any atom is 0.272 e. The molecule has 1 fully saturated rings. The summed E-state index contributed by atoms with van der Waals surface area (Å²) < 4.78 is 33.5. The molecule has 1 aliphatic heterocycles. The zero-order valence-corrected chi connectivity index (χ0v) is 23.5. The van der Waals surface area contributed by atoms with Crippen molar-refractivity contribution in [3.8, 4) is 5.75 Å². The molecule has 0 radical (unpaired) electrons. The van der Waals surface area contributed by atoms with Crippen LogP contribution in [0.1, 0.15) is 50.0 Å². The van der Waals surface area contributed by atoms with Crippen LogP contribution in [0.15, 0.2) is 59.6 Å². The number of nitrogens with one attached hydrogen (secondary N) is 2. The summed E-state index contributed by atoms with van der Waals surface area (Å²) in [5.41, 5.74) is 1.19. The second kappa shape index (κ2) is 12.5. The summed E-state index contributed by atoms with van der Waals surface area (Å²) in [7, 11) is -2.74. The second-order valence-corrected chi connectivity index (χ2v) is 11.9. The average Bonchev–Trinajstić information content (AvgIpc) is 3.13. The molecular formula is C28H33N5O6S. The number of Topliss-reactive ketones (excluding diaryl/α,β-unsaturated/α-hetero) is 1. The molecule has 2 aromatic carbocycles. The van der Waals surface area contributed by atoms with Crippen LogP contribution in [0.2, 0.25) is 0 Å². The van der Waals surface area contributed by atoms with Gasteiger partial charge in [0, 0.05) is 19.0 Å². The van der Waals surface area contributed by atoms with Crippen LogP contribution in [0.5, 0.6) is 5.75 Å². The number of nitrogens with zero attached hydrogens (tertiary/aromatic N) is 3. The molecule has 2 N–H and O–H groups in total. The van der Waals surface area contributed by atoms with E-state index in [4.69, 9.17) is 4.74 Å². The summed E-state index contributed by atoms with van der Waals surface area (Å²) in [6.07, 6.45) is 1.22. The molecule has 0 spiro atoms. The molecule has 40 heavy (non-hydrogen) atoms. The molecule has 1 unspecified atom stereocenters. The van der Waals surface area contributed by atoms with Crippen molar-refractivity contribution in [2.45, 2.75) is 56.6 Å². The molecule has 1 aliphatic rings. The van der Waals surface area contributed by atoms with Gasteiger partial charge in [-0.1, -0.05) is 32.0 Å². The molecule has 0 bridgehead atoms. The molecule has 212 valence electrons. The lowest BCUT2D eigenvalue weighted by Gasteiger charge is -2.30. The highest BCUT2D eigenvalue weighted by molar-refractivity contribution is 7.89. The van der Waals surface area contributed by atoms with Crippen LogP contribution in [0.25, 0.3) is 11.0 Å². The maximum absolute atomic E-state index is 13.6. The number of amides is 2. The molecule has 1 saturated heterocycles. The fourth-order valence-electron chi connectivity index (χ4n) is 4.54. The SMILES string of the molecule is COc1cccc(S(=O)(=O)N2CCCCC(=O)[C@H]2NC(=O)C(CC(C)C)NC(=O)c2cnc3ccccc3n2)c1. The van der Waals surface area contributed by atoms with Crippen molar-refractivity contribution in [3.63, 3.8) is 0 Å². The number of para-hydroxylation sites is 2. The van der Waals surface area contributed by atoms with Gasteiger partial charge in [0.15, 0.2) is 11.9 Å². The van der Waals surface area contributed by atoms with Gasteiger partial charge in [0.25, 0.3) is 5.91 Å². The Morgan fingerprint density at radius 2 is 1.85 bits per heavy atom. The van der Waals surface area contributed by atoms with Crippen molar-refractivity contribution >= 4 is 38.7 Å². The van der Waals surface area contributed by atoms with Gasteiger partial charge in [-0.2, -0.15) is 4.31 Å². The Hall–Kier alpha value is -3.90. The zero-order chi connectivity index (χ0) is 28.9. The molecule has 12 heteroatoms. The molecule has 2 heterocycles. The van der Waals surface area contributed by atoms with Gasteiger partial charge in [0.05, 0.1) is 29.2 Å². The molecule has 3 aromatic rings. The minimum atomic E-state index is -4.17. The Morgan fingerprint density at radius 1 is 1.10 bits per heavy atom. The number of aromatic nitrogens is 2. The van der Waals surface area contributed by atoms with Crippen LogP contribution >= 0.6 is 0 Å². The van der Waals surface area contributed by atoms with Crippen molar-refractivity contribution in [2.24, 2.45) is 5.92 Å². The lowest BCUT2D eigenvalue weighted by atomic mass is 10.0. The monoisotopic (exact) mass is 567 g/mol. The third-order valence-electron chi connectivity index (χ3n) is 6.58. The largest absolute Gasteiger partial charge is 0.497 e. The molecule has 0 aliphatic carbocycles. The second-order valence-electron chi connectivity index (χ2n) is 10.0. The number of carbonyl (C=O) groups excluding carboxylic acids is 3. The Balaban J connectivity index is 1.59.